The molecule has 0 amide bonds. The molecule has 210 valence electrons. The van der Waals surface area contributed by atoms with E-state index in [4.69, 9.17) is 9.47 Å². The van der Waals surface area contributed by atoms with Crippen molar-refractivity contribution in [2.24, 2.45) is 10.2 Å². The van der Waals surface area contributed by atoms with Crippen LogP contribution in [0, 0.1) is 40.5 Å². The van der Waals surface area contributed by atoms with E-state index in [0.717, 1.165) is 36.4 Å². The summed E-state index contributed by atoms with van der Waals surface area (Å²) in [4.78, 5) is 41.3. The lowest BCUT2D eigenvalue weighted by Gasteiger charge is -2.06. The minimum Gasteiger partial charge on any atom is -0.450 e. The second kappa shape index (κ2) is 12.5. The topological polar surface area (TPSA) is 216 Å². The first-order chi connectivity index (χ1) is 20.1. The molecule has 42 heavy (non-hydrogen) atoms. The van der Waals surface area contributed by atoms with Crippen LogP contribution in [0.25, 0.3) is 0 Å². The SMILES string of the molecule is O=[N+]([O-])c1ccc(Oc2ccc(/C=N\N=C/c3ccc(Oc4ccc([N+](=O)[O-])cc4[N+](=O)[O-])cc3)cc2)c([N+](=O)[O-])c1. The van der Waals surface area contributed by atoms with Crippen molar-refractivity contribution in [3.63, 3.8) is 0 Å². The quantitative estimate of drug-likeness (QED) is 0.110. The molecule has 0 bridgehead atoms. The summed E-state index contributed by atoms with van der Waals surface area (Å²) in [6.45, 7) is 0. The maximum absolute atomic E-state index is 11.3. The molecule has 0 aliphatic heterocycles. The highest BCUT2D eigenvalue weighted by Crippen LogP contribution is 2.35. The second-order valence-corrected chi connectivity index (χ2v) is 8.16. The van der Waals surface area contributed by atoms with Gasteiger partial charge in [-0.2, -0.15) is 10.2 Å². The third-order valence-corrected chi connectivity index (χ3v) is 5.40. The smallest absolute Gasteiger partial charge is 0.318 e. The van der Waals surface area contributed by atoms with Gasteiger partial charge in [0.25, 0.3) is 11.4 Å². The summed E-state index contributed by atoms with van der Waals surface area (Å²) >= 11 is 0. The standard InChI is InChI=1S/C26H16N6O10/c33-29(34)19-5-11-25(23(13-19)31(37)38)41-21-7-1-17(2-8-21)15-27-28-16-18-3-9-22(10-4-18)42-26-12-6-20(30(35)36)14-24(26)32(39)40/h1-16H/b27-15-,28-16-. The number of rotatable bonds is 11. The molecule has 4 aromatic rings. The average molecular weight is 572 g/mol. The molecule has 0 saturated heterocycles. The Labute approximate surface area is 234 Å². The molecule has 0 unspecified atom stereocenters. The minimum absolute atomic E-state index is 0.154. The number of hydrogen-bond acceptors (Lipinski definition) is 12. The Morgan fingerprint density at radius 1 is 0.500 bits per heavy atom. The summed E-state index contributed by atoms with van der Waals surface area (Å²) < 4.78 is 11.0. The molecule has 16 heteroatoms. The van der Waals surface area contributed by atoms with E-state index in [1.54, 1.807) is 24.3 Å². The van der Waals surface area contributed by atoms with E-state index in [2.05, 4.69) is 10.2 Å². The predicted octanol–water partition coefficient (Wildman–Crippen LogP) is 6.36. The Morgan fingerprint density at radius 3 is 1.17 bits per heavy atom. The summed E-state index contributed by atoms with van der Waals surface area (Å²) in [5.74, 6) is 0.209. The second-order valence-electron chi connectivity index (χ2n) is 8.16. The van der Waals surface area contributed by atoms with Gasteiger partial charge in [0.2, 0.25) is 11.5 Å². The number of hydrogen-bond donors (Lipinski definition) is 0. The van der Waals surface area contributed by atoms with Gasteiger partial charge in [-0.1, -0.05) is 0 Å². The average Bonchev–Trinajstić information content (AvgIpc) is 2.97. The van der Waals surface area contributed by atoms with Crippen molar-refractivity contribution in [1.29, 1.82) is 0 Å². The lowest BCUT2D eigenvalue weighted by atomic mass is 10.2. The van der Waals surface area contributed by atoms with Gasteiger partial charge < -0.3 is 9.47 Å². The van der Waals surface area contributed by atoms with Crippen LogP contribution in [-0.2, 0) is 0 Å². The van der Waals surface area contributed by atoms with Crippen LogP contribution in [0.1, 0.15) is 11.1 Å². The molecule has 0 aromatic heterocycles. The maximum atomic E-state index is 11.3. The highest BCUT2D eigenvalue weighted by molar-refractivity contribution is 5.83. The molecule has 0 aliphatic rings. The Balaban J connectivity index is 1.36. The summed E-state index contributed by atoms with van der Waals surface area (Å²) in [5, 5.41) is 52.2. The van der Waals surface area contributed by atoms with E-state index in [-0.39, 0.29) is 23.0 Å². The molecule has 16 nitrogen and oxygen atoms in total. The first-order valence-corrected chi connectivity index (χ1v) is 11.6. The minimum atomic E-state index is -0.771. The van der Waals surface area contributed by atoms with Crippen LogP contribution in [-0.4, -0.2) is 32.1 Å². The van der Waals surface area contributed by atoms with E-state index in [0.29, 0.717) is 11.1 Å². The molecule has 0 spiro atoms. The fraction of sp³-hybridized carbons (Fsp3) is 0. The molecular weight excluding hydrogens is 556 g/mol. The zero-order valence-corrected chi connectivity index (χ0v) is 21.0. The van der Waals surface area contributed by atoms with E-state index in [1.165, 1.54) is 36.7 Å². The van der Waals surface area contributed by atoms with Gasteiger partial charge >= 0.3 is 11.4 Å². The van der Waals surface area contributed by atoms with Gasteiger partial charge in [-0.25, -0.2) is 0 Å². The van der Waals surface area contributed by atoms with Crippen molar-refractivity contribution >= 4 is 35.2 Å². The fourth-order valence-corrected chi connectivity index (χ4v) is 3.39. The monoisotopic (exact) mass is 572 g/mol. The van der Waals surface area contributed by atoms with Crippen molar-refractivity contribution in [1.82, 2.24) is 0 Å². The van der Waals surface area contributed by atoms with Crippen LogP contribution in [0.4, 0.5) is 22.7 Å². The van der Waals surface area contributed by atoms with Crippen LogP contribution in [0.5, 0.6) is 23.0 Å². The lowest BCUT2D eigenvalue weighted by Crippen LogP contribution is -1.96. The Hall–Kier alpha value is -6.58. The first-order valence-electron chi connectivity index (χ1n) is 11.6. The van der Waals surface area contributed by atoms with Gasteiger partial charge in [-0.3, -0.25) is 40.5 Å². The number of nitrogens with zero attached hydrogens (tertiary/aromatic N) is 6. The van der Waals surface area contributed by atoms with Crippen molar-refractivity contribution in [3.8, 4) is 23.0 Å². The molecule has 0 N–H and O–H groups in total. The van der Waals surface area contributed by atoms with Gasteiger partial charge in [-0.05, 0) is 71.8 Å². The molecule has 4 aromatic carbocycles. The van der Waals surface area contributed by atoms with E-state index in [1.807, 2.05) is 0 Å². The van der Waals surface area contributed by atoms with Gasteiger partial charge in [0, 0.05) is 12.1 Å². The zero-order valence-electron chi connectivity index (χ0n) is 21.0. The van der Waals surface area contributed by atoms with E-state index < -0.39 is 42.4 Å². The Bertz CT molecular complexity index is 1610. The molecule has 0 saturated carbocycles. The molecular formula is C26H16N6O10. The van der Waals surface area contributed by atoms with Crippen molar-refractivity contribution < 1.29 is 29.2 Å². The molecule has 0 atom stereocenters. The highest BCUT2D eigenvalue weighted by atomic mass is 16.6. The maximum Gasteiger partial charge on any atom is 0.318 e. The number of nitro groups is 4. The Kier molecular flexibility index (Phi) is 8.47. The van der Waals surface area contributed by atoms with Crippen LogP contribution < -0.4 is 9.47 Å². The van der Waals surface area contributed by atoms with Crippen LogP contribution in [0.2, 0.25) is 0 Å². The van der Waals surface area contributed by atoms with E-state index in [9.17, 15) is 40.5 Å². The van der Waals surface area contributed by atoms with Gasteiger partial charge in [0.05, 0.1) is 44.3 Å². The number of non-ortho nitro benzene ring substituents is 2. The van der Waals surface area contributed by atoms with Crippen LogP contribution in [0.15, 0.2) is 95.1 Å². The number of benzene rings is 4. The number of ether oxygens (including phenoxy) is 2. The third kappa shape index (κ3) is 7.08. The number of nitro benzene ring substituents is 4. The first kappa shape index (κ1) is 28.4. The van der Waals surface area contributed by atoms with Gasteiger partial charge in [0.15, 0.2) is 0 Å². The predicted molar refractivity (Wildman–Crippen MR) is 148 cm³/mol. The molecule has 0 radical (unpaired) electrons. The highest BCUT2D eigenvalue weighted by Gasteiger charge is 2.22. The van der Waals surface area contributed by atoms with E-state index >= 15 is 0 Å². The Morgan fingerprint density at radius 2 is 0.857 bits per heavy atom. The molecule has 4 rings (SSSR count). The normalized spacial score (nSPS) is 11.0. The van der Waals surface area contributed by atoms with Crippen LogP contribution >= 0.6 is 0 Å². The van der Waals surface area contributed by atoms with Crippen LogP contribution in [0.3, 0.4) is 0 Å². The largest absolute Gasteiger partial charge is 0.450 e. The van der Waals surface area contributed by atoms with Gasteiger partial charge in [0.1, 0.15) is 11.5 Å². The molecule has 0 fully saturated rings. The van der Waals surface area contributed by atoms with Crippen molar-refractivity contribution in [2.75, 3.05) is 0 Å². The summed E-state index contributed by atoms with van der Waals surface area (Å²) in [6, 6.07) is 18.8. The van der Waals surface area contributed by atoms with Gasteiger partial charge in [-0.15, -0.1) is 0 Å². The zero-order chi connectivity index (χ0) is 30.2. The summed E-state index contributed by atoms with van der Waals surface area (Å²) in [6.07, 6.45) is 2.89. The van der Waals surface area contributed by atoms with Crippen molar-refractivity contribution in [3.05, 3.63) is 137 Å². The summed E-state index contributed by atoms with van der Waals surface area (Å²) in [7, 11) is 0. The lowest BCUT2D eigenvalue weighted by molar-refractivity contribution is -0.394. The fourth-order valence-electron chi connectivity index (χ4n) is 3.39. The summed E-state index contributed by atoms with van der Waals surface area (Å²) in [5.41, 5.74) is -0.692. The van der Waals surface area contributed by atoms with Crippen molar-refractivity contribution in [2.45, 2.75) is 0 Å². The molecule has 0 aliphatic carbocycles. The molecule has 0 heterocycles. The third-order valence-electron chi connectivity index (χ3n) is 5.40.